The molecule has 0 saturated carbocycles. The van der Waals surface area contributed by atoms with Gasteiger partial charge >= 0.3 is 11.9 Å². The first-order chi connectivity index (χ1) is 59.2. The van der Waals surface area contributed by atoms with Gasteiger partial charge in [0.25, 0.3) is 5.97 Å². The van der Waals surface area contributed by atoms with E-state index in [-0.39, 0.29) is 88.3 Å². The van der Waals surface area contributed by atoms with Crippen LogP contribution >= 0.6 is 11.8 Å². The van der Waals surface area contributed by atoms with E-state index in [4.69, 9.17) is 27.1 Å². The maximum Gasteiger partial charge on any atom is 0.328 e. The van der Waals surface area contributed by atoms with Gasteiger partial charge in [-0.25, -0.2) is 4.79 Å². The monoisotopic (exact) mass is 1800 g/mol. The molecule has 1 heterocycles. The molecule has 17 unspecified atom stereocenters. The zero-order chi connectivity index (χ0) is 95.4. The summed E-state index contributed by atoms with van der Waals surface area (Å²) < 4.78 is 0. The van der Waals surface area contributed by atoms with Crippen molar-refractivity contribution < 1.29 is 137 Å². The summed E-state index contributed by atoms with van der Waals surface area (Å²) in [4.78, 5) is 254. The quantitative estimate of drug-likeness (QED) is 0.0274. The number of carbonyl (C=O) groups is 19. The highest BCUT2D eigenvalue weighted by Crippen LogP contribution is 2.22. The second-order valence-corrected chi connectivity index (χ2v) is 31.7. The first kappa shape index (κ1) is 110. The number of nitrogens with two attached hydrogens (primary N) is 3. The van der Waals surface area contributed by atoms with Crippen LogP contribution in [0.3, 0.4) is 0 Å². The molecule has 29 N–H and O–H groups in total. The minimum atomic E-state index is -2.05. The van der Waals surface area contributed by atoms with E-state index in [0.717, 1.165) is 32.6 Å². The third-order valence-electron chi connectivity index (χ3n) is 19.2. The van der Waals surface area contributed by atoms with Crippen LogP contribution in [0.15, 0.2) is 54.6 Å². The van der Waals surface area contributed by atoms with Gasteiger partial charge in [-0.15, -0.1) is 0 Å². The summed E-state index contributed by atoms with van der Waals surface area (Å²) in [5, 5.41) is 122. The van der Waals surface area contributed by atoms with E-state index in [1.807, 2.05) is 0 Å². The second-order valence-electron chi connectivity index (χ2n) is 30.7. The van der Waals surface area contributed by atoms with Crippen molar-refractivity contribution in [1.29, 1.82) is 0 Å². The number of thioether (sulfide) groups is 1. The van der Waals surface area contributed by atoms with E-state index in [1.165, 1.54) is 23.9 Å². The van der Waals surface area contributed by atoms with Crippen molar-refractivity contribution in [3.05, 3.63) is 65.7 Å². The molecule has 1 fully saturated rings. The number of nitrogens with zero attached hydrogens (tertiary/aromatic N) is 1. The van der Waals surface area contributed by atoms with Crippen LogP contribution in [0.25, 0.3) is 0 Å². The van der Waals surface area contributed by atoms with Crippen LogP contribution in [0.2, 0.25) is 0 Å². The Morgan fingerprint density at radius 1 is 0.476 bits per heavy atom. The molecule has 0 spiro atoms. The Kier molecular flexibility index (Phi) is 49.9. The van der Waals surface area contributed by atoms with Crippen molar-refractivity contribution in [3.8, 4) is 5.75 Å². The molecule has 47 heteroatoms. The molecule has 46 nitrogen and oxygen atoms in total. The average molecular weight is 1810 g/mol. The van der Waals surface area contributed by atoms with E-state index < -0.39 is 273 Å². The van der Waals surface area contributed by atoms with Crippen LogP contribution in [0.5, 0.6) is 5.75 Å². The summed E-state index contributed by atoms with van der Waals surface area (Å²) in [7, 11) is 0. The lowest BCUT2D eigenvalue weighted by Crippen LogP contribution is -2.63. The largest absolute Gasteiger partial charge is 0.508 e. The Morgan fingerprint density at radius 3 is 1.40 bits per heavy atom. The number of unbranched alkanes of at least 4 members (excludes halogenated alkanes) is 1. The van der Waals surface area contributed by atoms with Crippen molar-refractivity contribution in [3.63, 3.8) is 0 Å². The van der Waals surface area contributed by atoms with E-state index in [1.54, 1.807) is 76.4 Å². The molecule has 2 aromatic rings. The van der Waals surface area contributed by atoms with Crippen LogP contribution in [0.4, 0.5) is 0 Å². The summed E-state index contributed by atoms with van der Waals surface area (Å²) in [5.41, 5.74) is 18.3. The first-order valence-electron chi connectivity index (χ1n) is 40.6. The average Bonchev–Trinajstić information content (AvgIpc) is 1.83. The smallest absolute Gasteiger partial charge is 0.328 e. The topological polar surface area (TPSA) is 756 Å². The van der Waals surface area contributed by atoms with Crippen LogP contribution in [0, 0.1) is 11.8 Å². The van der Waals surface area contributed by atoms with Crippen molar-refractivity contribution in [2.75, 3.05) is 51.4 Å². The third-order valence-corrected chi connectivity index (χ3v) is 19.8. The number of hydrogen-bond donors (Lipinski definition) is 26. The fourth-order valence-electron chi connectivity index (χ4n) is 12.4. The van der Waals surface area contributed by atoms with E-state index in [2.05, 4.69) is 74.4 Å². The number of rotatable bonds is 55. The van der Waals surface area contributed by atoms with Crippen molar-refractivity contribution in [1.82, 2.24) is 79.3 Å². The number of nitrogens with one attached hydrogen (secondary N) is 14. The molecule has 704 valence electrons. The van der Waals surface area contributed by atoms with Crippen LogP contribution in [-0.2, 0) is 104 Å². The number of likely N-dealkylation sites (tertiary alicyclic amines) is 1. The van der Waals surface area contributed by atoms with Crippen LogP contribution < -0.4 is 91.6 Å². The molecule has 2 aromatic carbocycles. The number of aliphatic hydroxyl groups is 5. The maximum atomic E-state index is 14.4. The predicted molar refractivity (Wildman–Crippen MR) is 450 cm³/mol. The SMILES string of the molecule is CC(=O)O.CSCCC(NC(=O)C(Cc1ccccc1)NC(=O)CNC(=O)CNC(=O)C(N)Cc1ccc(O)cc1)C(=O)NC(C(=O)NC(CO)C(=O)NC(CCC(=O)O)C(=O)NC(CCCCN)C(=O)NC(CO)C(=O)NC(CCC(N)=O)C(=O)NC(C(=O)N1CCCC1C(=O)NC(CC(C)C)C(=O)NC(C(=O)NC(C(=O)O)C(C)O)C(C)C)C(C)O)C(C)O. The lowest BCUT2D eigenvalue weighted by Gasteiger charge is -2.32. The van der Waals surface area contributed by atoms with E-state index in [0.29, 0.717) is 11.1 Å². The van der Waals surface area contributed by atoms with Gasteiger partial charge in [0.15, 0.2) is 6.04 Å². The number of carboxylic acids is 3. The van der Waals surface area contributed by atoms with Crippen molar-refractivity contribution in [2.45, 2.75) is 242 Å². The number of primary amides is 1. The molecule has 126 heavy (non-hydrogen) atoms. The van der Waals surface area contributed by atoms with Crippen LogP contribution in [0.1, 0.15) is 137 Å². The maximum absolute atomic E-state index is 14.4. The Labute approximate surface area is 731 Å². The summed E-state index contributed by atoms with van der Waals surface area (Å²) >= 11 is 1.24. The summed E-state index contributed by atoms with van der Waals surface area (Å²) in [6, 6.07) is -9.01. The van der Waals surface area contributed by atoms with Gasteiger partial charge in [0.05, 0.1) is 50.7 Å². The minimum absolute atomic E-state index is 0.00272. The van der Waals surface area contributed by atoms with Crippen molar-refractivity contribution in [2.24, 2.45) is 29.0 Å². The molecule has 0 bridgehead atoms. The molecule has 1 aliphatic heterocycles. The number of amides is 16. The second kappa shape index (κ2) is 57.0. The Hall–Kier alpha value is -11.8. The summed E-state index contributed by atoms with van der Waals surface area (Å²) in [6.45, 7) is 7.08. The molecule has 16 amide bonds. The van der Waals surface area contributed by atoms with Gasteiger partial charge in [0, 0.05) is 32.7 Å². The molecule has 1 aliphatic rings. The normalized spacial score (nSPS) is 16.1. The molecule has 0 aromatic heterocycles. The summed E-state index contributed by atoms with van der Waals surface area (Å²) in [5.74, 6) is -21.5. The van der Waals surface area contributed by atoms with E-state index in [9.17, 15) is 127 Å². The van der Waals surface area contributed by atoms with E-state index >= 15 is 0 Å². The molecule has 1 saturated heterocycles. The zero-order valence-corrected chi connectivity index (χ0v) is 72.5. The highest BCUT2D eigenvalue weighted by atomic mass is 32.2. The number of aromatic hydroxyl groups is 1. The number of benzene rings is 2. The van der Waals surface area contributed by atoms with Gasteiger partial charge < -0.3 is 142 Å². The number of carboxylic acid groups (broad SMARTS) is 3. The number of aliphatic hydroxyl groups excluding tert-OH is 5. The molecule has 17 atom stereocenters. The lowest BCUT2D eigenvalue weighted by molar-refractivity contribution is -0.145. The lowest BCUT2D eigenvalue weighted by atomic mass is 9.99. The van der Waals surface area contributed by atoms with Gasteiger partial charge in [-0.05, 0) is 139 Å². The third kappa shape index (κ3) is 40.5. The molecular weight excluding hydrogens is 1680 g/mol. The molecule has 3 rings (SSSR count). The highest BCUT2D eigenvalue weighted by Gasteiger charge is 2.43. The standard InChI is InChI=1S/C77H120N18O26S.C2H4O2/c1-38(2)31-51(70(113)91-60(39(3)4)74(117)94-63(42(7)100)77(120)121)88-73(116)55-18-14-29-95(55)76(119)62(41(6)99)93-67(110)48(23-25-56(80)102)85-71(114)53(36-96)89-65(108)47(17-12-13-28-78)84-66(109)49(24-26-59(105)106)86-72(115)54(37-97)90-75(118)61(40(5)98)92-68(111)50(27-30-122-8)87-69(112)52(33-43-15-10-9-11-16-43)83-58(104)35-81-57(103)34-82-64(107)46(79)32-44-19-21-45(101)22-20-44;1-2(3)4/h9-11,15-16,19-22,38-42,46-55,60-63,96-101H,12-14,17-18,23-37,78-79H2,1-8H3,(H2,80,102)(H,81,103)(H,82,107)(H,83,104)(H,84,109)(H,85,114)(H,86,115)(H,87,112)(H,88,116)(H,89,108)(H,90,118)(H,91,113)(H,92,111)(H,93,110)(H,94,117)(H,105,106)(H,120,121);1H3,(H,3,4). The number of phenolic OH excluding ortho intramolecular Hbond substituents is 1. The predicted octanol–water partition coefficient (Wildman–Crippen LogP) is -8.44. The van der Waals surface area contributed by atoms with Gasteiger partial charge in [-0.2, -0.15) is 11.8 Å². The zero-order valence-electron chi connectivity index (χ0n) is 71.7. The Balaban J connectivity index is 0.0000131. The summed E-state index contributed by atoms with van der Waals surface area (Å²) in [6.07, 6.45) is -6.27. The Morgan fingerprint density at radius 2 is 0.913 bits per heavy atom. The fraction of sp³-hybridized carbons (Fsp3) is 0.608. The number of aliphatic carboxylic acids is 3. The molecular formula is C79H124N18O28S. The van der Waals surface area contributed by atoms with Gasteiger partial charge in [-0.1, -0.05) is 70.2 Å². The fourth-order valence-corrected chi connectivity index (χ4v) is 12.8. The van der Waals surface area contributed by atoms with Crippen molar-refractivity contribution >= 4 is 124 Å². The van der Waals surface area contributed by atoms with Gasteiger partial charge in [0.2, 0.25) is 94.5 Å². The number of carbonyl (C=O) groups excluding carboxylic acids is 16. The number of phenols is 1. The molecule has 0 radical (unpaired) electrons. The minimum Gasteiger partial charge on any atom is -0.508 e. The number of hydrogen-bond acceptors (Lipinski definition) is 28. The Bertz CT molecular complexity index is 3990. The van der Waals surface area contributed by atoms with Gasteiger partial charge in [0.1, 0.15) is 78.3 Å². The molecule has 0 aliphatic carbocycles. The highest BCUT2D eigenvalue weighted by molar-refractivity contribution is 7.98. The van der Waals surface area contributed by atoms with Gasteiger partial charge in [-0.3, -0.25) is 86.3 Å². The van der Waals surface area contributed by atoms with Crippen LogP contribution in [-0.4, -0.2) is 318 Å². The first-order valence-corrected chi connectivity index (χ1v) is 42.0.